The first-order valence-corrected chi connectivity index (χ1v) is 10.3. The molecule has 4 saturated carbocycles. The highest BCUT2D eigenvalue weighted by Gasteiger charge is 2.53. The minimum absolute atomic E-state index is 0.0175. The highest BCUT2D eigenvalue weighted by Crippen LogP contribution is 2.61. The van der Waals surface area contributed by atoms with E-state index in [-0.39, 0.29) is 11.9 Å². The largest absolute Gasteiger partial charge is 0.490 e. The molecule has 4 fully saturated rings. The standard InChI is InChI=1S/C22H29NO3/c1-14(22-11-15-7-16(12-22)9-17(8-15)13-22)23-21(24)18-3-4-19-20(10-18)26-6-2-5-25-19/h3-4,10,14-17H,2,5-9,11-13H2,1H3,(H,23,24)/t14-,15?,16?,17?,22?/m0/s1. The van der Waals surface area contributed by atoms with Gasteiger partial charge in [-0.3, -0.25) is 4.79 Å². The number of hydrogen-bond donors (Lipinski definition) is 1. The van der Waals surface area contributed by atoms with Gasteiger partial charge in [0.25, 0.3) is 5.91 Å². The minimum Gasteiger partial charge on any atom is -0.490 e. The third-order valence-corrected chi connectivity index (χ3v) is 7.36. The molecule has 1 heterocycles. The number of amides is 1. The second kappa shape index (κ2) is 6.17. The van der Waals surface area contributed by atoms with Crippen molar-refractivity contribution >= 4 is 5.91 Å². The van der Waals surface area contributed by atoms with Crippen LogP contribution in [0.1, 0.15) is 62.2 Å². The van der Waals surface area contributed by atoms with Gasteiger partial charge < -0.3 is 14.8 Å². The first-order chi connectivity index (χ1) is 12.6. The fourth-order valence-corrected chi connectivity index (χ4v) is 6.45. The van der Waals surface area contributed by atoms with Crippen molar-refractivity contribution in [3.05, 3.63) is 23.8 Å². The molecule has 1 N–H and O–H groups in total. The molecule has 1 aromatic rings. The molecule has 5 aliphatic rings. The maximum absolute atomic E-state index is 12.9. The molecule has 1 aromatic carbocycles. The van der Waals surface area contributed by atoms with Crippen LogP contribution >= 0.6 is 0 Å². The molecule has 1 aliphatic heterocycles. The van der Waals surface area contributed by atoms with Gasteiger partial charge in [-0.2, -0.15) is 0 Å². The van der Waals surface area contributed by atoms with Crippen molar-refractivity contribution in [2.24, 2.45) is 23.2 Å². The number of fused-ring (bicyclic) bond motifs is 1. The van der Waals surface area contributed by atoms with Gasteiger partial charge in [0, 0.05) is 18.0 Å². The van der Waals surface area contributed by atoms with Gasteiger partial charge in [0.15, 0.2) is 11.5 Å². The van der Waals surface area contributed by atoms with E-state index in [2.05, 4.69) is 12.2 Å². The van der Waals surface area contributed by atoms with Crippen molar-refractivity contribution in [1.29, 1.82) is 0 Å². The Hall–Kier alpha value is -1.71. The van der Waals surface area contributed by atoms with Crippen LogP contribution in [0.25, 0.3) is 0 Å². The summed E-state index contributed by atoms with van der Waals surface area (Å²) in [5.74, 6) is 4.16. The van der Waals surface area contributed by atoms with Gasteiger partial charge in [-0.15, -0.1) is 0 Å². The predicted molar refractivity (Wildman–Crippen MR) is 99.6 cm³/mol. The second-order valence-electron chi connectivity index (χ2n) is 9.19. The van der Waals surface area contributed by atoms with Gasteiger partial charge in [-0.25, -0.2) is 0 Å². The Morgan fingerprint density at radius 1 is 1.04 bits per heavy atom. The number of carbonyl (C=O) groups is 1. The van der Waals surface area contributed by atoms with Gasteiger partial charge >= 0.3 is 0 Å². The Morgan fingerprint density at radius 2 is 1.65 bits per heavy atom. The van der Waals surface area contributed by atoms with Crippen LogP contribution in [0, 0.1) is 23.2 Å². The molecule has 1 amide bonds. The van der Waals surface area contributed by atoms with Crippen LogP contribution in [0.3, 0.4) is 0 Å². The third-order valence-electron chi connectivity index (χ3n) is 7.36. The Morgan fingerprint density at radius 3 is 2.31 bits per heavy atom. The van der Waals surface area contributed by atoms with Gasteiger partial charge in [0.1, 0.15) is 0 Å². The van der Waals surface area contributed by atoms with E-state index in [1.54, 1.807) is 0 Å². The maximum Gasteiger partial charge on any atom is 0.251 e. The lowest BCUT2D eigenvalue weighted by Gasteiger charge is -2.59. The molecule has 6 rings (SSSR count). The van der Waals surface area contributed by atoms with E-state index in [4.69, 9.17) is 9.47 Å². The normalized spacial score (nSPS) is 35.7. The molecule has 0 radical (unpaired) electrons. The molecule has 26 heavy (non-hydrogen) atoms. The maximum atomic E-state index is 12.9. The van der Waals surface area contributed by atoms with E-state index in [1.165, 1.54) is 38.5 Å². The summed E-state index contributed by atoms with van der Waals surface area (Å²) in [5.41, 5.74) is 1.00. The van der Waals surface area contributed by atoms with Crippen molar-refractivity contribution in [2.75, 3.05) is 13.2 Å². The topological polar surface area (TPSA) is 47.6 Å². The Balaban J connectivity index is 1.32. The SMILES string of the molecule is C[C@H](NC(=O)c1ccc2c(c1)OCCCO2)C12CC3CC(CC(C3)C1)C2. The molecular weight excluding hydrogens is 326 g/mol. The summed E-state index contributed by atoms with van der Waals surface area (Å²) >= 11 is 0. The van der Waals surface area contributed by atoms with Crippen LogP contribution in [-0.2, 0) is 0 Å². The average Bonchev–Trinajstić information content (AvgIpc) is 2.85. The molecule has 0 unspecified atom stereocenters. The smallest absolute Gasteiger partial charge is 0.251 e. The molecule has 140 valence electrons. The van der Waals surface area contributed by atoms with E-state index >= 15 is 0 Å². The lowest BCUT2D eigenvalue weighted by Crippen LogP contribution is -2.55. The third kappa shape index (κ3) is 2.78. The highest BCUT2D eigenvalue weighted by atomic mass is 16.5. The van der Waals surface area contributed by atoms with Gasteiger partial charge in [0.05, 0.1) is 13.2 Å². The summed E-state index contributed by atoms with van der Waals surface area (Å²) in [6.45, 7) is 3.54. The first kappa shape index (κ1) is 16.5. The Bertz CT molecular complexity index is 678. The number of hydrogen-bond acceptors (Lipinski definition) is 3. The van der Waals surface area contributed by atoms with E-state index in [0.717, 1.165) is 29.9 Å². The zero-order valence-electron chi connectivity index (χ0n) is 15.6. The van der Waals surface area contributed by atoms with Gasteiger partial charge in [-0.05, 0) is 86.8 Å². The monoisotopic (exact) mass is 355 g/mol. The van der Waals surface area contributed by atoms with Crippen molar-refractivity contribution < 1.29 is 14.3 Å². The van der Waals surface area contributed by atoms with Crippen molar-refractivity contribution in [3.63, 3.8) is 0 Å². The molecule has 1 atom stereocenters. The summed E-state index contributed by atoms with van der Waals surface area (Å²) < 4.78 is 11.4. The van der Waals surface area contributed by atoms with Crippen LogP contribution in [-0.4, -0.2) is 25.2 Å². The second-order valence-corrected chi connectivity index (χ2v) is 9.19. The van der Waals surface area contributed by atoms with Crippen LogP contribution in [0.4, 0.5) is 0 Å². The molecule has 4 heteroatoms. The quantitative estimate of drug-likeness (QED) is 0.885. The number of rotatable bonds is 3. The molecular formula is C22H29NO3. The van der Waals surface area contributed by atoms with Crippen molar-refractivity contribution in [1.82, 2.24) is 5.32 Å². The lowest BCUT2D eigenvalue weighted by molar-refractivity contribution is -0.0688. The van der Waals surface area contributed by atoms with E-state index in [1.807, 2.05) is 18.2 Å². The molecule has 0 saturated heterocycles. The molecule has 0 aromatic heterocycles. The summed E-state index contributed by atoms with van der Waals surface area (Å²) in [5, 5.41) is 3.34. The van der Waals surface area contributed by atoms with Crippen molar-refractivity contribution in [3.8, 4) is 11.5 Å². The predicted octanol–water partition coefficient (Wildman–Crippen LogP) is 4.18. The number of carbonyl (C=O) groups excluding carboxylic acids is 1. The van der Waals surface area contributed by atoms with Crippen LogP contribution in [0.2, 0.25) is 0 Å². The highest BCUT2D eigenvalue weighted by molar-refractivity contribution is 5.95. The van der Waals surface area contributed by atoms with Crippen molar-refractivity contribution in [2.45, 2.75) is 57.9 Å². The van der Waals surface area contributed by atoms with Crippen LogP contribution in [0.15, 0.2) is 18.2 Å². The minimum atomic E-state index is 0.0175. The molecule has 0 spiro atoms. The summed E-state index contributed by atoms with van der Waals surface area (Å²) in [6, 6.07) is 5.79. The number of benzene rings is 1. The Kier molecular flexibility index (Phi) is 3.91. The van der Waals surface area contributed by atoms with E-state index < -0.39 is 0 Å². The zero-order valence-corrected chi connectivity index (χ0v) is 15.6. The van der Waals surface area contributed by atoms with E-state index in [0.29, 0.717) is 29.9 Å². The van der Waals surface area contributed by atoms with Gasteiger partial charge in [0.2, 0.25) is 0 Å². The number of nitrogens with one attached hydrogen (secondary N) is 1. The molecule has 4 bridgehead atoms. The van der Waals surface area contributed by atoms with Gasteiger partial charge in [-0.1, -0.05) is 0 Å². The fourth-order valence-electron chi connectivity index (χ4n) is 6.45. The zero-order chi connectivity index (χ0) is 17.7. The van der Waals surface area contributed by atoms with Crippen LogP contribution in [0.5, 0.6) is 11.5 Å². The number of ether oxygens (including phenoxy) is 2. The average molecular weight is 355 g/mol. The Labute approximate surface area is 155 Å². The lowest BCUT2D eigenvalue weighted by atomic mass is 9.48. The van der Waals surface area contributed by atoms with Crippen LogP contribution < -0.4 is 14.8 Å². The molecule has 4 nitrogen and oxygen atoms in total. The first-order valence-electron chi connectivity index (χ1n) is 10.3. The fraction of sp³-hybridized carbons (Fsp3) is 0.682. The molecule has 4 aliphatic carbocycles. The summed E-state index contributed by atoms with van der Waals surface area (Å²) in [7, 11) is 0. The summed E-state index contributed by atoms with van der Waals surface area (Å²) in [4.78, 5) is 12.9. The van der Waals surface area contributed by atoms with E-state index in [9.17, 15) is 4.79 Å². The summed E-state index contributed by atoms with van der Waals surface area (Å²) in [6.07, 6.45) is 9.09.